The minimum atomic E-state index is -0.536. The molecule has 1 aromatic heterocycles. The molecule has 6 nitrogen and oxygen atoms in total. The Hall–Kier alpha value is -3.81. The van der Waals surface area contributed by atoms with Crippen molar-refractivity contribution >= 4 is 52.2 Å². The summed E-state index contributed by atoms with van der Waals surface area (Å²) in [7, 11) is 3.11. The molecule has 1 aliphatic heterocycles. The standard InChI is InChI=1S/C28H21ClN2O4S/c1-16-5-4-6-17-13-19(27(31-25(16)17)36-21-10-8-20(29)9-11-21)14-22-28(32)35-26(30-22)18-7-12-23(33-2)24(15-18)34-3/h4-15H,1-3H3. The summed E-state index contributed by atoms with van der Waals surface area (Å²) in [5.41, 5.74) is 3.52. The number of rotatable bonds is 6. The highest BCUT2D eigenvalue weighted by Crippen LogP contribution is 2.35. The van der Waals surface area contributed by atoms with E-state index in [1.165, 1.54) is 11.8 Å². The Morgan fingerprint density at radius 3 is 2.50 bits per heavy atom. The van der Waals surface area contributed by atoms with Gasteiger partial charge in [0.05, 0.1) is 19.7 Å². The third-order valence-electron chi connectivity index (χ3n) is 5.61. The van der Waals surface area contributed by atoms with Gasteiger partial charge in [-0.3, -0.25) is 0 Å². The fourth-order valence-corrected chi connectivity index (χ4v) is 4.79. The fourth-order valence-electron chi connectivity index (χ4n) is 3.79. The molecule has 0 aliphatic carbocycles. The Kier molecular flexibility index (Phi) is 6.67. The maximum absolute atomic E-state index is 12.8. The van der Waals surface area contributed by atoms with Crippen LogP contribution in [-0.4, -0.2) is 31.1 Å². The van der Waals surface area contributed by atoms with E-state index in [2.05, 4.69) is 4.99 Å². The van der Waals surface area contributed by atoms with E-state index < -0.39 is 5.97 Å². The number of carbonyl (C=O) groups excluding carboxylic acids is 1. The van der Waals surface area contributed by atoms with E-state index in [4.69, 9.17) is 30.8 Å². The molecular formula is C28H21ClN2O4S. The zero-order valence-corrected chi connectivity index (χ0v) is 21.3. The average Bonchev–Trinajstić information content (AvgIpc) is 3.25. The Morgan fingerprint density at radius 1 is 0.972 bits per heavy atom. The molecule has 8 heteroatoms. The molecule has 0 amide bonds. The van der Waals surface area contributed by atoms with Crippen molar-refractivity contribution in [2.24, 2.45) is 4.99 Å². The van der Waals surface area contributed by atoms with Crippen LogP contribution in [0.1, 0.15) is 16.7 Å². The number of methoxy groups -OCH3 is 2. The lowest BCUT2D eigenvalue weighted by Gasteiger charge is -2.09. The topological polar surface area (TPSA) is 70.0 Å². The Bertz CT molecular complexity index is 1550. The second-order valence-electron chi connectivity index (χ2n) is 7.99. The minimum absolute atomic E-state index is 0.187. The van der Waals surface area contributed by atoms with Crippen LogP contribution >= 0.6 is 23.4 Å². The number of fused-ring (bicyclic) bond motifs is 1. The van der Waals surface area contributed by atoms with E-state index in [0.717, 1.165) is 32.0 Å². The maximum Gasteiger partial charge on any atom is 0.363 e. The predicted octanol–water partition coefficient (Wildman–Crippen LogP) is 6.71. The molecular weight excluding hydrogens is 496 g/mol. The molecule has 36 heavy (non-hydrogen) atoms. The quantitative estimate of drug-likeness (QED) is 0.209. The van der Waals surface area contributed by atoms with Crippen molar-refractivity contribution in [3.05, 3.63) is 94.1 Å². The van der Waals surface area contributed by atoms with Crippen LogP contribution in [0.3, 0.4) is 0 Å². The Balaban J connectivity index is 1.58. The van der Waals surface area contributed by atoms with Crippen LogP contribution in [0.5, 0.6) is 11.5 Å². The van der Waals surface area contributed by atoms with Gasteiger partial charge in [0, 0.05) is 26.4 Å². The number of halogens is 1. The number of pyridine rings is 1. The van der Waals surface area contributed by atoms with Gasteiger partial charge in [0.2, 0.25) is 5.90 Å². The summed E-state index contributed by atoms with van der Waals surface area (Å²) in [6.45, 7) is 2.03. The van der Waals surface area contributed by atoms with Crippen molar-refractivity contribution in [1.29, 1.82) is 0 Å². The van der Waals surface area contributed by atoms with E-state index in [9.17, 15) is 4.79 Å². The second kappa shape index (κ2) is 10.0. The number of aromatic nitrogens is 1. The SMILES string of the molecule is COc1ccc(C2=NC(=Cc3cc4cccc(C)c4nc3Sc3ccc(Cl)cc3)C(=O)O2)cc1OC. The molecule has 0 saturated heterocycles. The van der Waals surface area contributed by atoms with Crippen molar-refractivity contribution in [3.63, 3.8) is 0 Å². The summed E-state index contributed by atoms with van der Waals surface area (Å²) >= 11 is 7.55. The smallest absolute Gasteiger partial charge is 0.363 e. The van der Waals surface area contributed by atoms with Crippen LogP contribution in [0.15, 0.2) is 87.3 Å². The van der Waals surface area contributed by atoms with Gasteiger partial charge in [-0.15, -0.1) is 0 Å². The third-order valence-corrected chi connectivity index (χ3v) is 6.89. The van der Waals surface area contributed by atoms with Crippen LogP contribution < -0.4 is 9.47 Å². The monoisotopic (exact) mass is 516 g/mol. The van der Waals surface area contributed by atoms with Gasteiger partial charge >= 0.3 is 5.97 Å². The first kappa shape index (κ1) is 23.9. The Morgan fingerprint density at radius 2 is 1.75 bits per heavy atom. The van der Waals surface area contributed by atoms with Crippen LogP contribution in [-0.2, 0) is 9.53 Å². The molecule has 0 N–H and O–H groups in total. The molecule has 0 atom stereocenters. The highest BCUT2D eigenvalue weighted by molar-refractivity contribution is 7.99. The van der Waals surface area contributed by atoms with Gasteiger partial charge in [-0.2, -0.15) is 0 Å². The number of ether oxygens (including phenoxy) is 3. The lowest BCUT2D eigenvalue weighted by atomic mass is 10.1. The number of carbonyl (C=O) groups is 1. The van der Waals surface area contributed by atoms with Gasteiger partial charge in [0.1, 0.15) is 5.03 Å². The number of hydrogen-bond donors (Lipinski definition) is 0. The van der Waals surface area contributed by atoms with E-state index >= 15 is 0 Å². The molecule has 2 heterocycles. The number of hydrogen-bond acceptors (Lipinski definition) is 7. The van der Waals surface area contributed by atoms with Gasteiger partial charge in [0.25, 0.3) is 0 Å². The normalized spacial score (nSPS) is 14.2. The first-order valence-electron chi connectivity index (χ1n) is 11.0. The van der Waals surface area contributed by atoms with Crippen molar-refractivity contribution in [1.82, 2.24) is 4.98 Å². The van der Waals surface area contributed by atoms with Crippen molar-refractivity contribution in [2.75, 3.05) is 14.2 Å². The lowest BCUT2D eigenvalue weighted by molar-refractivity contribution is -0.129. The van der Waals surface area contributed by atoms with Crippen LogP contribution in [0.2, 0.25) is 5.02 Å². The number of esters is 1. The summed E-state index contributed by atoms with van der Waals surface area (Å²) in [4.78, 5) is 23.1. The molecule has 4 aromatic rings. The average molecular weight is 517 g/mol. The molecule has 0 saturated carbocycles. The number of aryl methyl sites for hydroxylation is 1. The van der Waals surface area contributed by atoms with Gasteiger partial charge in [-0.05, 0) is 67.1 Å². The molecule has 0 unspecified atom stereocenters. The largest absolute Gasteiger partial charge is 0.493 e. The van der Waals surface area contributed by atoms with Crippen molar-refractivity contribution in [3.8, 4) is 11.5 Å². The van der Waals surface area contributed by atoms with Crippen LogP contribution in [0.4, 0.5) is 0 Å². The highest BCUT2D eigenvalue weighted by Gasteiger charge is 2.26. The van der Waals surface area contributed by atoms with E-state index in [1.807, 2.05) is 55.5 Å². The highest BCUT2D eigenvalue weighted by atomic mass is 35.5. The molecule has 5 rings (SSSR count). The van der Waals surface area contributed by atoms with Gasteiger partial charge in [-0.25, -0.2) is 14.8 Å². The predicted molar refractivity (Wildman–Crippen MR) is 142 cm³/mol. The molecule has 3 aromatic carbocycles. The Labute approximate surface area is 217 Å². The van der Waals surface area contributed by atoms with Gasteiger partial charge in [-0.1, -0.05) is 41.6 Å². The summed E-state index contributed by atoms with van der Waals surface area (Å²) in [6, 6.07) is 20.8. The minimum Gasteiger partial charge on any atom is -0.493 e. The first-order chi connectivity index (χ1) is 17.4. The van der Waals surface area contributed by atoms with Crippen molar-refractivity contribution < 1.29 is 19.0 Å². The number of benzene rings is 3. The van der Waals surface area contributed by atoms with E-state index in [1.54, 1.807) is 38.5 Å². The first-order valence-corrected chi connectivity index (χ1v) is 12.2. The zero-order chi connectivity index (χ0) is 25.2. The number of aliphatic imine (C=N–C) groups is 1. The maximum atomic E-state index is 12.8. The summed E-state index contributed by atoms with van der Waals surface area (Å²) in [5, 5.41) is 2.38. The molecule has 0 fully saturated rings. The van der Waals surface area contributed by atoms with E-state index in [-0.39, 0.29) is 11.6 Å². The molecule has 0 radical (unpaired) electrons. The fraction of sp³-hybridized carbons (Fsp3) is 0.107. The van der Waals surface area contributed by atoms with Gasteiger partial charge < -0.3 is 14.2 Å². The second-order valence-corrected chi connectivity index (χ2v) is 9.49. The molecule has 0 bridgehead atoms. The number of para-hydroxylation sites is 1. The number of cyclic esters (lactones) is 1. The summed E-state index contributed by atoms with van der Waals surface area (Å²) < 4.78 is 16.1. The summed E-state index contributed by atoms with van der Waals surface area (Å²) in [5.74, 6) is 0.750. The third kappa shape index (κ3) is 4.80. The van der Waals surface area contributed by atoms with Crippen LogP contribution in [0, 0.1) is 6.92 Å². The molecule has 1 aliphatic rings. The molecule has 180 valence electrons. The number of nitrogens with zero attached hydrogens (tertiary/aromatic N) is 2. The van der Waals surface area contributed by atoms with Gasteiger partial charge in [0.15, 0.2) is 17.2 Å². The lowest BCUT2D eigenvalue weighted by Crippen LogP contribution is -2.06. The van der Waals surface area contributed by atoms with Crippen molar-refractivity contribution in [2.45, 2.75) is 16.8 Å². The van der Waals surface area contributed by atoms with E-state index in [0.29, 0.717) is 22.1 Å². The summed E-state index contributed by atoms with van der Waals surface area (Å²) in [6.07, 6.45) is 1.71. The molecule has 0 spiro atoms. The van der Waals surface area contributed by atoms with Crippen LogP contribution in [0.25, 0.3) is 17.0 Å². The zero-order valence-electron chi connectivity index (χ0n) is 19.7.